The molecule has 0 spiro atoms. The van der Waals surface area contributed by atoms with Crippen LogP contribution in [0.2, 0.25) is 0 Å². The molecule has 0 radical (unpaired) electrons. The Balaban J connectivity index is 2.86. The Morgan fingerprint density at radius 2 is 2.11 bits per heavy atom. The molecule has 1 rings (SSSR count). The third-order valence-electron chi connectivity index (χ3n) is 2.69. The van der Waals surface area contributed by atoms with Gasteiger partial charge in [0, 0.05) is 25.6 Å². The van der Waals surface area contributed by atoms with E-state index < -0.39 is 9.84 Å². The van der Waals surface area contributed by atoms with Crippen molar-refractivity contribution < 1.29 is 13.5 Å². The molecule has 0 aliphatic carbocycles. The lowest BCUT2D eigenvalue weighted by Gasteiger charge is -2.24. The van der Waals surface area contributed by atoms with E-state index in [1.807, 2.05) is 13.8 Å². The van der Waals surface area contributed by atoms with Crippen LogP contribution < -0.4 is 5.32 Å². The third-order valence-corrected chi connectivity index (χ3v) is 3.82. The molecule has 1 aromatic heterocycles. The van der Waals surface area contributed by atoms with E-state index in [-0.39, 0.29) is 16.9 Å². The van der Waals surface area contributed by atoms with Crippen LogP contribution in [0.5, 0.6) is 0 Å². The van der Waals surface area contributed by atoms with Crippen molar-refractivity contribution in [3.8, 4) is 0 Å². The van der Waals surface area contributed by atoms with Crippen LogP contribution in [-0.4, -0.2) is 37.9 Å². The molecule has 0 saturated carbocycles. The molecule has 2 N–H and O–H groups in total. The predicted octanol–water partition coefficient (Wildman–Crippen LogP) is 1.31. The van der Waals surface area contributed by atoms with E-state index in [0.717, 1.165) is 6.26 Å². The van der Waals surface area contributed by atoms with Gasteiger partial charge in [0.1, 0.15) is 10.7 Å². The fraction of sp³-hybridized carbons (Fsp3) is 0.583. The van der Waals surface area contributed by atoms with Gasteiger partial charge in [0.05, 0.1) is 0 Å². The number of aromatic nitrogens is 1. The summed E-state index contributed by atoms with van der Waals surface area (Å²) in [4.78, 5) is 4.25. The highest BCUT2D eigenvalue weighted by atomic mass is 32.2. The van der Waals surface area contributed by atoms with Crippen LogP contribution in [0.4, 0.5) is 5.82 Å². The lowest BCUT2D eigenvalue weighted by Crippen LogP contribution is -2.25. The van der Waals surface area contributed by atoms with Gasteiger partial charge in [0.2, 0.25) is 0 Å². The molecule has 0 saturated heterocycles. The topological polar surface area (TPSA) is 79.3 Å². The highest BCUT2D eigenvalue weighted by Gasteiger charge is 2.19. The Kier molecular flexibility index (Phi) is 4.70. The van der Waals surface area contributed by atoms with E-state index in [1.165, 1.54) is 6.07 Å². The van der Waals surface area contributed by atoms with Gasteiger partial charge in [-0.1, -0.05) is 13.8 Å². The van der Waals surface area contributed by atoms with Crippen LogP contribution in [0.1, 0.15) is 20.3 Å². The normalized spacial score (nSPS) is 12.4. The van der Waals surface area contributed by atoms with Crippen LogP contribution in [-0.2, 0) is 9.84 Å². The van der Waals surface area contributed by atoms with Crippen molar-refractivity contribution in [3.63, 3.8) is 0 Å². The summed E-state index contributed by atoms with van der Waals surface area (Å²) < 4.78 is 23.2. The highest BCUT2D eigenvalue weighted by Crippen LogP contribution is 2.23. The first-order valence-electron chi connectivity index (χ1n) is 5.76. The lowest BCUT2D eigenvalue weighted by atomic mass is 9.90. The largest absolute Gasteiger partial charge is 0.396 e. The number of anilines is 1. The maximum Gasteiger partial charge on any atom is 0.179 e. The van der Waals surface area contributed by atoms with E-state index >= 15 is 0 Å². The fourth-order valence-electron chi connectivity index (χ4n) is 1.54. The third kappa shape index (κ3) is 4.27. The van der Waals surface area contributed by atoms with Gasteiger partial charge >= 0.3 is 0 Å². The second-order valence-electron chi connectivity index (χ2n) is 5.11. The molecule has 0 aliphatic rings. The average molecular weight is 272 g/mol. The molecule has 0 amide bonds. The quantitative estimate of drug-likeness (QED) is 0.816. The monoisotopic (exact) mass is 272 g/mol. The molecule has 0 bridgehead atoms. The van der Waals surface area contributed by atoms with Crippen LogP contribution in [0.25, 0.3) is 0 Å². The van der Waals surface area contributed by atoms with Crippen molar-refractivity contribution in [2.45, 2.75) is 25.2 Å². The van der Waals surface area contributed by atoms with Crippen LogP contribution >= 0.6 is 0 Å². The smallest absolute Gasteiger partial charge is 0.179 e. The number of aliphatic hydroxyl groups is 1. The first-order chi connectivity index (χ1) is 8.26. The number of sulfone groups is 1. The van der Waals surface area contributed by atoms with E-state index in [2.05, 4.69) is 10.3 Å². The minimum absolute atomic E-state index is 0.107. The predicted molar refractivity (Wildman–Crippen MR) is 71.3 cm³/mol. The Labute approximate surface area is 108 Å². The van der Waals surface area contributed by atoms with Gasteiger partial charge in [-0.25, -0.2) is 13.4 Å². The van der Waals surface area contributed by atoms with Gasteiger partial charge in [-0.15, -0.1) is 0 Å². The van der Waals surface area contributed by atoms with E-state index in [4.69, 9.17) is 5.11 Å². The van der Waals surface area contributed by atoms with E-state index in [1.54, 1.807) is 12.3 Å². The maximum absolute atomic E-state index is 11.6. The molecule has 1 aromatic rings. The van der Waals surface area contributed by atoms with Crippen molar-refractivity contribution in [1.29, 1.82) is 0 Å². The number of hydrogen-bond donors (Lipinski definition) is 2. The second-order valence-corrected chi connectivity index (χ2v) is 7.10. The van der Waals surface area contributed by atoms with E-state index in [9.17, 15) is 8.42 Å². The molecular weight excluding hydrogens is 252 g/mol. The number of pyridine rings is 1. The van der Waals surface area contributed by atoms with Crippen molar-refractivity contribution in [3.05, 3.63) is 18.3 Å². The summed E-state index contributed by atoms with van der Waals surface area (Å²) in [7, 11) is -3.29. The number of rotatable bonds is 6. The zero-order valence-electron chi connectivity index (χ0n) is 11.0. The zero-order valence-corrected chi connectivity index (χ0v) is 11.8. The van der Waals surface area contributed by atoms with Gasteiger partial charge in [0.25, 0.3) is 0 Å². The van der Waals surface area contributed by atoms with Gasteiger partial charge in [-0.3, -0.25) is 0 Å². The highest BCUT2D eigenvalue weighted by molar-refractivity contribution is 7.90. The van der Waals surface area contributed by atoms with Gasteiger partial charge in [-0.05, 0) is 24.0 Å². The lowest BCUT2D eigenvalue weighted by molar-refractivity contribution is 0.220. The summed E-state index contributed by atoms with van der Waals surface area (Å²) in [5.74, 6) is 0.367. The average Bonchev–Trinajstić information content (AvgIpc) is 2.26. The molecule has 18 heavy (non-hydrogen) atoms. The first-order valence-corrected chi connectivity index (χ1v) is 7.65. The molecule has 0 aromatic carbocycles. The Bertz CT molecular complexity index is 498. The minimum Gasteiger partial charge on any atom is -0.396 e. The summed E-state index contributed by atoms with van der Waals surface area (Å²) in [6.45, 7) is 4.65. The number of nitrogens with zero attached hydrogens (tertiary/aromatic N) is 1. The molecule has 0 atom stereocenters. The molecule has 0 unspecified atom stereocenters. The van der Waals surface area contributed by atoms with Gasteiger partial charge in [-0.2, -0.15) is 0 Å². The molecule has 5 nitrogen and oxygen atoms in total. The SMILES string of the molecule is CC(C)(CCO)CNc1ncccc1S(C)(=O)=O. The summed E-state index contributed by atoms with van der Waals surface area (Å²) in [6, 6.07) is 3.13. The van der Waals surface area contributed by atoms with Crippen LogP contribution in [0.15, 0.2) is 23.2 Å². The Morgan fingerprint density at radius 3 is 2.67 bits per heavy atom. The van der Waals surface area contributed by atoms with E-state index in [0.29, 0.717) is 18.8 Å². The number of nitrogens with one attached hydrogen (secondary N) is 1. The minimum atomic E-state index is -3.29. The van der Waals surface area contributed by atoms with Gasteiger partial charge in [0.15, 0.2) is 9.84 Å². The van der Waals surface area contributed by atoms with Crippen molar-refractivity contribution in [2.75, 3.05) is 24.7 Å². The molecule has 1 heterocycles. The standard InChI is InChI=1S/C12H20N2O3S/c1-12(2,6-8-15)9-14-11-10(18(3,16)17)5-4-7-13-11/h4-5,7,15H,6,8-9H2,1-3H3,(H,13,14). The van der Waals surface area contributed by atoms with Crippen molar-refractivity contribution in [1.82, 2.24) is 4.98 Å². The second kappa shape index (κ2) is 5.67. The van der Waals surface area contributed by atoms with Gasteiger partial charge < -0.3 is 10.4 Å². The summed E-state index contributed by atoms with van der Waals surface area (Å²) >= 11 is 0. The van der Waals surface area contributed by atoms with Crippen molar-refractivity contribution in [2.24, 2.45) is 5.41 Å². The molecule has 102 valence electrons. The summed E-state index contributed by atoms with van der Waals surface area (Å²) in [5, 5.41) is 12.0. The summed E-state index contributed by atoms with van der Waals surface area (Å²) in [6.07, 6.45) is 3.35. The number of hydrogen-bond acceptors (Lipinski definition) is 5. The Morgan fingerprint density at radius 1 is 1.44 bits per heavy atom. The van der Waals surface area contributed by atoms with Crippen LogP contribution in [0, 0.1) is 5.41 Å². The zero-order chi connectivity index (χ0) is 13.8. The molecule has 0 fully saturated rings. The van der Waals surface area contributed by atoms with Crippen LogP contribution in [0.3, 0.4) is 0 Å². The summed E-state index contributed by atoms with van der Waals surface area (Å²) in [5.41, 5.74) is -0.124. The number of aliphatic hydroxyl groups excluding tert-OH is 1. The maximum atomic E-state index is 11.6. The van der Waals surface area contributed by atoms with Crippen molar-refractivity contribution >= 4 is 15.7 Å². The Hall–Kier alpha value is -1.14. The molecule has 6 heteroatoms. The fourth-order valence-corrected chi connectivity index (χ4v) is 2.34. The molecular formula is C12H20N2O3S. The molecule has 0 aliphatic heterocycles. The first kappa shape index (κ1) is 14.9.